The van der Waals surface area contributed by atoms with Gasteiger partial charge in [-0.25, -0.2) is 4.98 Å². The summed E-state index contributed by atoms with van der Waals surface area (Å²) in [5.74, 6) is 0.197. The van der Waals surface area contributed by atoms with E-state index >= 15 is 0 Å². The van der Waals surface area contributed by atoms with Crippen molar-refractivity contribution in [1.82, 2.24) is 20.2 Å². The molecule has 76 valence electrons. The molecule has 0 radical (unpaired) electrons. The van der Waals surface area contributed by atoms with E-state index in [2.05, 4.69) is 15.6 Å². The zero-order chi connectivity index (χ0) is 10.6. The molecule has 6 nitrogen and oxygen atoms in total. The first kappa shape index (κ1) is 10.2. The van der Waals surface area contributed by atoms with Crippen LogP contribution < -0.4 is 10.6 Å². The predicted octanol–water partition coefficient (Wildman–Crippen LogP) is -1.05. The topological polar surface area (TPSA) is 76.0 Å². The van der Waals surface area contributed by atoms with Crippen molar-refractivity contribution in [1.29, 1.82) is 0 Å². The molecule has 0 aliphatic heterocycles. The van der Waals surface area contributed by atoms with E-state index in [-0.39, 0.29) is 5.91 Å². The SMILES string of the molecule is CNC(=O)C(NC=O)c1nccn1C. The number of aromatic nitrogens is 2. The highest BCUT2D eigenvalue weighted by atomic mass is 16.2. The summed E-state index contributed by atoms with van der Waals surface area (Å²) in [6, 6.07) is -0.738. The zero-order valence-corrected chi connectivity index (χ0v) is 8.02. The molecule has 0 aliphatic rings. The first-order valence-electron chi connectivity index (χ1n) is 4.09. The molecule has 0 saturated carbocycles. The summed E-state index contributed by atoms with van der Waals surface area (Å²) in [7, 11) is 3.26. The normalized spacial score (nSPS) is 11.9. The summed E-state index contributed by atoms with van der Waals surface area (Å²) in [4.78, 5) is 25.7. The van der Waals surface area contributed by atoms with E-state index in [9.17, 15) is 9.59 Å². The summed E-state index contributed by atoms with van der Waals surface area (Å²) in [5.41, 5.74) is 0. The summed E-state index contributed by atoms with van der Waals surface area (Å²) >= 11 is 0. The fourth-order valence-corrected chi connectivity index (χ4v) is 1.14. The van der Waals surface area contributed by atoms with Crippen molar-refractivity contribution < 1.29 is 9.59 Å². The lowest BCUT2D eigenvalue weighted by Crippen LogP contribution is -2.36. The number of aryl methyl sites for hydroxylation is 1. The number of hydrogen-bond acceptors (Lipinski definition) is 3. The van der Waals surface area contributed by atoms with Gasteiger partial charge in [-0.3, -0.25) is 9.59 Å². The van der Waals surface area contributed by atoms with Crippen LogP contribution in [0.15, 0.2) is 12.4 Å². The van der Waals surface area contributed by atoms with E-state index in [1.54, 1.807) is 24.0 Å². The Morgan fingerprint density at radius 1 is 1.71 bits per heavy atom. The quantitative estimate of drug-likeness (QED) is 0.603. The molecule has 1 aromatic heterocycles. The Morgan fingerprint density at radius 2 is 2.43 bits per heavy atom. The first-order chi connectivity index (χ1) is 6.70. The second-order valence-corrected chi connectivity index (χ2v) is 2.73. The second kappa shape index (κ2) is 4.40. The largest absolute Gasteiger partial charge is 0.357 e. The van der Waals surface area contributed by atoms with Crippen molar-refractivity contribution in [2.75, 3.05) is 7.05 Å². The Bertz CT molecular complexity index is 334. The monoisotopic (exact) mass is 196 g/mol. The molecular formula is C8H12N4O2. The van der Waals surface area contributed by atoms with E-state index in [0.29, 0.717) is 12.2 Å². The highest BCUT2D eigenvalue weighted by molar-refractivity contribution is 5.83. The molecule has 1 atom stereocenters. The van der Waals surface area contributed by atoms with Crippen molar-refractivity contribution in [3.63, 3.8) is 0 Å². The Kier molecular flexibility index (Phi) is 3.22. The highest BCUT2D eigenvalue weighted by Crippen LogP contribution is 2.08. The molecule has 2 N–H and O–H groups in total. The van der Waals surface area contributed by atoms with Crippen LogP contribution in [0.1, 0.15) is 11.9 Å². The molecule has 0 aliphatic carbocycles. The van der Waals surface area contributed by atoms with Gasteiger partial charge in [-0.1, -0.05) is 0 Å². The molecule has 1 heterocycles. The lowest BCUT2D eigenvalue weighted by Gasteiger charge is -2.13. The fourth-order valence-electron chi connectivity index (χ4n) is 1.14. The molecule has 0 aromatic carbocycles. The van der Waals surface area contributed by atoms with E-state index in [4.69, 9.17) is 0 Å². The number of rotatable bonds is 4. The maximum Gasteiger partial charge on any atom is 0.250 e. The highest BCUT2D eigenvalue weighted by Gasteiger charge is 2.22. The smallest absolute Gasteiger partial charge is 0.250 e. The summed E-state index contributed by atoms with van der Waals surface area (Å²) in [5, 5.41) is 4.85. The van der Waals surface area contributed by atoms with E-state index < -0.39 is 6.04 Å². The van der Waals surface area contributed by atoms with Crippen molar-refractivity contribution >= 4 is 12.3 Å². The van der Waals surface area contributed by atoms with Gasteiger partial charge in [0.15, 0.2) is 6.04 Å². The number of nitrogens with zero attached hydrogens (tertiary/aromatic N) is 2. The third-order valence-electron chi connectivity index (χ3n) is 1.86. The van der Waals surface area contributed by atoms with Crippen LogP contribution in [0.5, 0.6) is 0 Å². The van der Waals surface area contributed by atoms with Gasteiger partial charge < -0.3 is 15.2 Å². The Balaban J connectivity index is 2.93. The van der Waals surface area contributed by atoms with E-state index in [1.165, 1.54) is 7.05 Å². The number of carbonyl (C=O) groups is 2. The van der Waals surface area contributed by atoms with Crippen molar-refractivity contribution in [3.05, 3.63) is 18.2 Å². The third kappa shape index (κ3) is 1.90. The first-order valence-corrected chi connectivity index (χ1v) is 4.09. The Hall–Kier alpha value is -1.85. The van der Waals surface area contributed by atoms with Crippen LogP contribution in [0.3, 0.4) is 0 Å². The summed E-state index contributed by atoms with van der Waals surface area (Å²) in [6.45, 7) is 0. The number of likely N-dealkylation sites (N-methyl/N-ethyl adjacent to an activating group) is 1. The fraction of sp³-hybridized carbons (Fsp3) is 0.375. The summed E-state index contributed by atoms with van der Waals surface area (Å²) in [6.07, 6.45) is 3.75. The lowest BCUT2D eigenvalue weighted by atomic mass is 10.2. The maximum absolute atomic E-state index is 11.4. The van der Waals surface area contributed by atoms with Crippen LogP contribution in [-0.4, -0.2) is 28.9 Å². The number of nitrogens with one attached hydrogen (secondary N) is 2. The van der Waals surface area contributed by atoms with Gasteiger partial charge in [-0.2, -0.15) is 0 Å². The van der Waals surface area contributed by atoms with Crippen LogP contribution in [0.25, 0.3) is 0 Å². The molecular weight excluding hydrogens is 184 g/mol. The molecule has 0 fully saturated rings. The molecule has 2 amide bonds. The molecule has 0 saturated heterocycles. The second-order valence-electron chi connectivity index (χ2n) is 2.73. The molecule has 0 spiro atoms. The van der Waals surface area contributed by atoms with Gasteiger partial charge in [-0.15, -0.1) is 0 Å². The van der Waals surface area contributed by atoms with Crippen molar-refractivity contribution in [2.24, 2.45) is 7.05 Å². The van der Waals surface area contributed by atoms with Crippen LogP contribution >= 0.6 is 0 Å². The molecule has 6 heteroatoms. The van der Waals surface area contributed by atoms with E-state index in [1.807, 2.05) is 0 Å². The average Bonchev–Trinajstić information content (AvgIpc) is 2.60. The van der Waals surface area contributed by atoms with Crippen molar-refractivity contribution in [2.45, 2.75) is 6.04 Å². The average molecular weight is 196 g/mol. The minimum absolute atomic E-state index is 0.300. The van der Waals surface area contributed by atoms with Gasteiger partial charge in [0.2, 0.25) is 12.3 Å². The number of carbonyl (C=O) groups excluding carboxylic acids is 2. The third-order valence-corrected chi connectivity index (χ3v) is 1.86. The van der Waals surface area contributed by atoms with Crippen LogP contribution in [0, 0.1) is 0 Å². The standard InChI is InChI=1S/C8H12N4O2/c1-9-8(14)6(11-5-13)7-10-3-4-12(7)2/h3-6H,1-2H3,(H,9,14)(H,11,13). The Labute approximate surface area is 81.3 Å². The summed E-state index contributed by atoms with van der Waals surface area (Å²) < 4.78 is 1.68. The zero-order valence-electron chi connectivity index (χ0n) is 8.02. The van der Waals surface area contributed by atoms with Gasteiger partial charge >= 0.3 is 0 Å². The molecule has 1 unspecified atom stereocenters. The minimum atomic E-state index is -0.738. The maximum atomic E-state index is 11.4. The molecule has 14 heavy (non-hydrogen) atoms. The molecule has 1 aromatic rings. The number of imidazole rings is 1. The predicted molar refractivity (Wildman–Crippen MR) is 49.2 cm³/mol. The van der Waals surface area contributed by atoms with Gasteiger partial charge in [0.1, 0.15) is 5.82 Å². The number of hydrogen-bond donors (Lipinski definition) is 2. The van der Waals surface area contributed by atoms with Gasteiger partial charge in [0.25, 0.3) is 0 Å². The molecule has 0 bridgehead atoms. The lowest BCUT2D eigenvalue weighted by molar-refractivity contribution is -0.125. The van der Waals surface area contributed by atoms with Crippen molar-refractivity contribution in [3.8, 4) is 0 Å². The minimum Gasteiger partial charge on any atom is -0.357 e. The van der Waals surface area contributed by atoms with Gasteiger partial charge in [0.05, 0.1) is 0 Å². The number of amides is 2. The van der Waals surface area contributed by atoms with E-state index in [0.717, 1.165) is 0 Å². The van der Waals surface area contributed by atoms with Gasteiger partial charge in [0, 0.05) is 26.5 Å². The van der Waals surface area contributed by atoms with Crippen LogP contribution in [0.4, 0.5) is 0 Å². The van der Waals surface area contributed by atoms with Crippen LogP contribution in [0.2, 0.25) is 0 Å². The van der Waals surface area contributed by atoms with Gasteiger partial charge in [-0.05, 0) is 0 Å². The molecule has 1 rings (SSSR count). The van der Waals surface area contributed by atoms with Crippen LogP contribution in [-0.2, 0) is 16.6 Å². The Morgan fingerprint density at radius 3 is 2.86 bits per heavy atom.